The molecular formula is C21H15N2O+. The predicted molar refractivity (Wildman–Crippen MR) is 92.2 cm³/mol. The first kappa shape index (κ1) is 15.3. The standard InChI is InChI=1S/C21H14N2O/c1-23-16-22-20(13-11-17-5-3-2-4-6-17)21(23)14-12-18-7-9-19(15-24)10-8-18/h2-10,15-16H,1H3/p+1. The van der Waals surface area contributed by atoms with Gasteiger partial charge in [-0.3, -0.25) is 4.79 Å². The second kappa shape index (κ2) is 7.13. The summed E-state index contributed by atoms with van der Waals surface area (Å²) >= 11 is 0. The second-order valence-corrected chi connectivity index (χ2v) is 5.21. The zero-order valence-corrected chi connectivity index (χ0v) is 13.2. The lowest BCUT2D eigenvalue weighted by atomic mass is 10.1. The van der Waals surface area contributed by atoms with E-state index in [0.717, 1.165) is 28.8 Å². The molecule has 0 aliphatic rings. The van der Waals surface area contributed by atoms with E-state index in [9.17, 15) is 4.79 Å². The second-order valence-electron chi connectivity index (χ2n) is 5.21. The van der Waals surface area contributed by atoms with Crippen molar-refractivity contribution >= 4 is 6.29 Å². The van der Waals surface area contributed by atoms with Gasteiger partial charge in [0.15, 0.2) is 0 Å². The molecule has 3 rings (SSSR count). The third kappa shape index (κ3) is 3.61. The number of hydrogen-bond acceptors (Lipinski definition) is 1. The van der Waals surface area contributed by atoms with Crippen LogP contribution >= 0.6 is 0 Å². The van der Waals surface area contributed by atoms with Crippen LogP contribution in [0.4, 0.5) is 0 Å². The van der Waals surface area contributed by atoms with Crippen molar-refractivity contribution in [3.63, 3.8) is 0 Å². The van der Waals surface area contributed by atoms with E-state index in [0.29, 0.717) is 5.56 Å². The minimum Gasteiger partial charge on any atom is -0.298 e. The van der Waals surface area contributed by atoms with Gasteiger partial charge >= 0.3 is 0 Å². The van der Waals surface area contributed by atoms with Gasteiger partial charge in [-0.2, -0.15) is 0 Å². The average Bonchev–Trinajstić information content (AvgIpc) is 2.99. The van der Waals surface area contributed by atoms with Crippen LogP contribution in [0, 0.1) is 23.7 Å². The van der Waals surface area contributed by atoms with Crippen LogP contribution in [0.25, 0.3) is 0 Å². The molecule has 0 aliphatic carbocycles. The Morgan fingerprint density at radius 2 is 1.54 bits per heavy atom. The van der Waals surface area contributed by atoms with Crippen LogP contribution in [0.15, 0.2) is 60.9 Å². The lowest BCUT2D eigenvalue weighted by molar-refractivity contribution is -0.672. The molecule has 0 saturated heterocycles. The molecule has 1 aromatic heterocycles. The zero-order chi connectivity index (χ0) is 16.8. The van der Waals surface area contributed by atoms with Gasteiger partial charge in [-0.25, -0.2) is 9.55 Å². The van der Waals surface area contributed by atoms with Gasteiger partial charge in [0, 0.05) is 16.7 Å². The van der Waals surface area contributed by atoms with Gasteiger partial charge in [-0.15, -0.1) is 0 Å². The highest BCUT2D eigenvalue weighted by Gasteiger charge is 2.10. The molecule has 0 aliphatic heterocycles. The van der Waals surface area contributed by atoms with Crippen molar-refractivity contribution < 1.29 is 9.36 Å². The Balaban J connectivity index is 1.90. The van der Waals surface area contributed by atoms with Gasteiger partial charge in [0.05, 0.1) is 7.05 Å². The quantitative estimate of drug-likeness (QED) is 0.418. The molecule has 3 aromatic rings. The Hall–Kier alpha value is -3.56. The SMILES string of the molecule is C[n+]1c[nH]c(C#Cc2ccccc2)c1C#Cc1ccc(C=O)cc1. The van der Waals surface area contributed by atoms with E-state index in [1.807, 2.05) is 60.4 Å². The van der Waals surface area contributed by atoms with Crippen LogP contribution in [0.1, 0.15) is 32.9 Å². The van der Waals surface area contributed by atoms with Crippen LogP contribution in [0.2, 0.25) is 0 Å². The van der Waals surface area contributed by atoms with Gasteiger partial charge in [-0.1, -0.05) is 42.2 Å². The summed E-state index contributed by atoms with van der Waals surface area (Å²) in [4.78, 5) is 13.8. The minimum atomic E-state index is 0.641. The summed E-state index contributed by atoms with van der Waals surface area (Å²) in [6.07, 6.45) is 2.65. The molecule has 0 bridgehead atoms. The number of carbonyl (C=O) groups is 1. The molecule has 0 radical (unpaired) electrons. The molecule has 0 saturated carbocycles. The highest BCUT2D eigenvalue weighted by Crippen LogP contribution is 2.03. The van der Waals surface area contributed by atoms with Gasteiger partial charge in [0.1, 0.15) is 6.29 Å². The van der Waals surface area contributed by atoms with Gasteiger partial charge in [0.25, 0.3) is 0 Å². The zero-order valence-electron chi connectivity index (χ0n) is 13.2. The number of aldehydes is 1. The number of aromatic amines is 1. The molecule has 1 heterocycles. The number of hydrogen-bond donors (Lipinski definition) is 1. The topological polar surface area (TPSA) is 36.7 Å². The third-order valence-corrected chi connectivity index (χ3v) is 3.47. The van der Waals surface area contributed by atoms with Crippen LogP contribution in [0.5, 0.6) is 0 Å². The van der Waals surface area contributed by atoms with E-state index < -0.39 is 0 Å². The lowest BCUT2D eigenvalue weighted by Crippen LogP contribution is -2.28. The fraction of sp³-hybridized carbons (Fsp3) is 0.0476. The fourth-order valence-corrected chi connectivity index (χ4v) is 2.15. The highest BCUT2D eigenvalue weighted by molar-refractivity contribution is 5.74. The summed E-state index contributed by atoms with van der Waals surface area (Å²) in [7, 11) is 1.92. The largest absolute Gasteiger partial charge is 0.298 e. The number of carbonyl (C=O) groups excluding carboxylic acids is 1. The number of H-pyrrole nitrogens is 1. The third-order valence-electron chi connectivity index (χ3n) is 3.47. The molecule has 1 N–H and O–H groups in total. The first-order valence-electron chi connectivity index (χ1n) is 7.47. The molecule has 0 spiro atoms. The molecule has 0 unspecified atom stereocenters. The molecule has 24 heavy (non-hydrogen) atoms. The van der Waals surface area contributed by atoms with Crippen LogP contribution < -0.4 is 4.57 Å². The molecule has 3 nitrogen and oxygen atoms in total. The number of nitrogens with zero attached hydrogens (tertiary/aromatic N) is 1. The maximum Gasteiger partial charge on any atom is 0.243 e. The van der Waals surface area contributed by atoms with Gasteiger partial charge in [-0.05, 0) is 36.1 Å². The Morgan fingerprint density at radius 1 is 0.875 bits per heavy atom. The Labute approximate surface area is 141 Å². The van der Waals surface area contributed by atoms with Crippen molar-refractivity contribution in [1.29, 1.82) is 0 Å². The summed E-state index contributed by atoms with van der Waals surface area (Å²) in [6, 6.07) is 17.0. The van der Waals surface area contributed by atoms with E-state index in [1.165, 1.54) is 0 Å². The van der Waals surface area contributed by atoms with E-state index in [2.05, 4.69) is 28.7 Å². The first-order chi connectivity index (χ1) is 11.8. The molecular weight excluding hydrogens is 296 g/mol. The van der Waals surface area contributed by atoms with Crippen molar-refractivity contribution in [3.8, 4) is 23.7 Å². The highest BCUT2D eigenvalue weighted by atomic mass is 16.1. The monoisotopic (exact) mass is 311 g/mol. The summed E-state index contributed by atoms with van der Waals surface area (Å²) in [5.74, 6) is 12.5. The van der Waals surface area contributed by atoms with Crippen molar-refractivity contribution in [1.82, 2.24) is 4.98 Å². The number of aryl methyl sites for hydroxylation is 1. The number of rotatable bonds is 1. The smallest absolute Gasteiger partial charge is 0.243 e. The maximum absolute atomic E-state index is 10.7. The van der Waals surface area contributed by atoms with Gasteiger partial charge < -0.3 is 0 Å². The Kier molecular flexibility index (Phi) is 4.56. The van der Waals surface area contributed by atoms with Crippen molar-refractivity contribution in [2.75, 3.05) is 0 Å². The summed E-state index contributed by atoms with van der Waals surface area (Å²) in [5.41, 5.74) is 4.04. The van der Waals surface area contributed by atoms with Crippen molar-refractivity contribution in [2.45, 2.75) is 0 Å². The predicted octanol–water partition coefficient (Wildman–Crippen LogP) is 2.45. The van der Waals surface area contributed by atoms with Gasteiger partial charge in [0.2, 0.25) is 17.7 Å². The number of imidazole rings is 1. The molecule has 2 aromatic carbocycles. The van der Waals surface area contributed by atoms with Crippen LogP contribution in [0.3, 0.4) is 0 Å². The molecule has 0 fully saturated rings. The van der Waals surface area contributed by atoms with E-state index in [4.69, 9.17) is 0 Å². The van der Waals surface area contributed by atoms with E-state index >= 15 is 0 Å². The molecule has 114 valence electrons. The van der Waals surface area contributed by atoms with Crippen molar-refractivity contribution in [3.05, 3.63) is 89.0 Å². The number of aromatic nitrogens is 2. The normalized spacial score (nSPS) is 9.38. The minimum absolute atomic E-state index is 0.641. The summed E-state index contributed by atoms with van der Waals surface area (Å²) in [6.45, 7) is 0. The van der Waals surface area contributed by atoms with E-state index in [-0.39, 0.29) is 0 Å². The number of benzene rings is 2. The Morgan fingerprint density at radius 3 is 2.25 bits per heavy atom. The fourth-order valence-electron chi connectivity index (χ4n) is 2.15. The average molecular weight is 311 g/mol. The lowest BCUT2D eigenvalue weighted by Gasteiger charge is -1.91. The maximum atomic E-state index is 10.7. The molecule has 0 atom stereocenters. The van der Waals surface area contributed by atoms with E-state index in [1.54, 1.807) is 12.1 Å². The van der Waals surface area contributed by atoms with Crippen LogP contribution in [-0.4, -0.2) is 11.3 Å². The first-order valence-corrected chi connectivity index (χ1v) is 7.47. The Bertz CT molecular complexity index is 976. The molecule has 3 heteroatoms. The molecule has 0 amide bonds. The summed E-state index contributed by atoms with van der Waals surface area (Å²) in [5, 5.41) is 0. The van der Waals surface area contributed by atoms with Crippen molar-refractivity contribution in [2.24, 2.45) is 7.05 Å². The summed E-state index contributed by atoms with van der Waals surface area (Å²) < 4.78 is 1.90. The number of nitrogens with one attached hydrogen (secondary N) is 1. The van der Waals surface area contributed by atoms with Crippen LogP contribution in [-0.2, 0) is 7.05 Å².